The first kappa shape index (κ1) is 29.1. The highest BCUT2D eigenvalue weighted by Crippen LogP contribution is 2.66. The van der Waals surface area contributed by atoms with Gasteiger partial charge < -0.3 is 26.0 Å². The number of aliphatic hydroxyl groups excluding tert-OH is 1. The van der Waals surface area contributed by atoms with E-state index in [2.05, 4.69) is 10.6 Å². The third-order valence-electron chi connectivity index (χ3n) is 7.85. The highest BCUT2D eigenvalue weighted by atomic mass is 19.4. The molecule has 14 heteroatoms. The van der Waals surface area contributed by atoms with E-state index < -0.39 is 116 Å². The molecule has 0 aromatic carbocycles. The zero-order chi connectivity index (χ0) is 26.9. The summed E-state index contributed by atoms with van der Waals surface area (Å²) in [6.07, 6.45) is -18.1. The molecule has 6 atom stereocenters. The van der Waals surface area contributed by atoms with Crippen molar-refractivity contribution < 1.29 is 56.0 Å². The standard InChI is InChI=1S/C21H30F6N2O6/c1-28-15(30)13-7-9(3-5-11(13)17(32)33)19(20(22,23)24,21(25,26)27)10-4-6-12(18(34)35)14(8-10)16(31)29-2/h9-14,17,32-33H,3-8H2,1-2H3,(H,28,30)(H,29,31)(H,34,35). The van der Waals surface area contributed by atoms with Crippen molar-refractivity contribution in [1.29, 1.82) is 0 Å². The average Bonchev–Trinajstić information content (AvgIpc) is 2.75. The van der Waals surface area contributed by atoms with E-state index in [1.165, 1.54) is 0 Å². The summed E-state index contributed by atoms with van der Waals surface area (Å²) in [4.78, 5) is 36.2. The SMILES string of the molecule is CNC(=O)C1CC(C(C2CCC(C(O)O)C(C(=O)NC)C2)(C(F)(F)F)C(F)(F)F)CCC1C(=O)O. The molecule has 0 bridgehead atoms. The lowest BCUT2D eigenvalue weighted by atomic mass is 9.53. The Labute approximate surface area is 197 Å². The number of carbonyl (C=O) groups is 3. The van der Waals surface area contributed by atoms with Crippen molar-refractivity contribution in [3.05, 3.63) is 0 Å². The zero-order valence-corrected chi connectivity index (χ0v) is 19.1. The smallest absolute Gasteiger partial charge is 0.403 e. The fourth-order valence-corrected chi connectivity index (χ4v) is 6.23. The highest BCUT2D eigenvalue weighted by molar-refractivity contribution is 5.84. The molecule has 0 aliphatic heterocycles. The van der Waals surface area contributed by atoms with Crippen molar-refractivity contribution in [2.45, 2.75) is 57.2 Å². The maximum atomic E-state index is 14.6. The van der Waals surface area contributed by atoms with Gasteiger partial charge in [-0.25, -0.2) is 0 Å². The first-order valence-corrected chi connectivity index (χ1v) is 11.2. The molecule has 2 aliphatic carbocycles. The lowest BCUT2D eigenvalue weighted by Crippen LogP contribution is -2.62. The van der Waals surface area contributed by atoms with Crippen molar-refractivity contribution in [2.24, 2.45) is 40.9 Å². The third-order valence-corrected chi connectivity index (χ3v) is 7.85. The van der Waals surface area contributed by atoms with Gasteiger partial charge in [-0.1, -0.05) is 0 Å². The topological polar surface area (TPSA) is 136 Å². The van der Waals surface area contributed by atoms with Gasteiger partial charge in [0.05, 0.1) is 11.8 Å². The van der Waals surface area contributed by atoms with Gasteiger partial charge in [-0.15, -0.1) is 0 Å². The second-order valence-electron chi connectivity index (χ2n) is 9.35. The number of amides is 2. The molecule has 8 nitrogen and oxygen atoms in total. The Balaban J connectivity index is 2.63. The van der Waals surface area contributed by atoms with Crippen LogP contribution in [0.1, 0.15) is 38.5 Å². The first-order chi connectivity index (χ1) is 16.0. The maximum absolute atomic E-state index is 14.6. The number of aliphatic carboxylic acids is 1. The Morgan fingerprint density at radius 3 is 1.57 bits per heavy atom. The number of nitrogens with one attached hydrogen (secondary N) is 2. The van der Waals surface area contributed by atoms with E-state index in [0.717, 1.165) is 14.1 Å². The van der Waals surface area contributed by atoms with Gasteiger partial charge in [-0.05, 0) is 50.4 Å². The molecule has 2 aliphatic rings. The number of carbonyl (C=O) groups excluding carboxylic acids is 2. The van der Waals surface area contributed by atoms with Crippen LogP contribution < -0.4 is 10.6 Å². The number of alkyl halides is 6. The van der Waals surface area contributed by atoms with Gasteiger partial charge in [0.15, 0.2) is 11.7 Å². The van der Waals surface area contributed by atoms with E-state index in [4.69, 9.17) is 0 Å². The molecule has 0 aromatic heterocycles. The van der Waals surface area contributed by atoms with Crippen LogP contribution in [0.15, 0.2) is 0 Å². The molecule has 0 saturated heterocycles. The third kappa shape index (κ3) is 5.23. The van der Waals surface area contributed by atoms with Gasteiger partial charge >= 0.3 is 18.3 Å². The maximum Gasteiger partial charge on any atom is 0.403 e. The predicted octanol–water partition coefficient (Wildman–Crippen LogP) is 2.05. The normalized spacial score (nSPS) is 30.6. The van der Waals surface area contributed by atoms with Crippen LogP contribution in [0, 0.1) is 40.9 Å². The summed E-state index contributed by atoms with van der Waals surface area (Å²) < 4.78 is 87.8. The summed E-state index contributed by atoms with van der Waals surface area (Å²) in [5.41, 5.74) is -4.33. The van der Waals surface area contributed by atoms with Gasteiger partial charge in [-0.2, -0.15) is 26.3 Å². The molecular weight excluding hydrogens is 490 g/mol. The van der Waals surface area contributed by atoms with Gasteiger partial charge in [0.1, 0.15) is 0 Å². The van der Waals surface area contributed by atoms with Crippen LogP contribution in [0.5, 0.6) is 0 Å². The van der Waals surface area contributed by atoms with E-state index in [1.54, 1.807) is 0 Å². The molecule has 0 radical (unpaired) electrons. The summed E-state index contributed by atoms with van der Waals surface area (Å²) in [6, 6.07) is 0. The number of aliphatic hydroxyl groups is 2. The second-order valence-corrected chi connectivity index (χ2v) is 9.35. The zero-order valence-electron chi connectivity index (χ0n) is 19.1. The number of halogens is 6. The average molecular weight is 520 g/mol. The number of rotatable bonds is 6. The highest BCUT2D eigenvalue weighted by Gasteiger charge is 2.77. The van der Waals surface area contributed by atoms with E-state index in [9.17, 15) is 56.0 Å². The molecule has 35 heavy (non-hydrogen) atoms. The van der Waals surface area contributed by atoms with Crippen molar-refractivity contribution in [1.82, 2.24) is 10.6 Å². The number of hydrogen-bond acceptors (Lipinski definition) is 5. The lowest BCUT2D eigenvalue weighted by molar-refractivity contribution is -0.384. The monoisotopic (exact) mass is 520 g/mol. The van der Waals surface area contributed by atoms with Crippen LogP contribution in [0.3, 0.4) is 0 Å². The molecule has 2 rings (SSSR count). The Hall–Kier alpha value is -2.09. The molecule has 2 amide bonds. The summed E-state index contributed by atoms with van der Waals surface area (Å²) in [5.74, 6) is -13.5. The van der Waals surface area contributed by atoms with E-state index in [0.29, 0.717) is 0 Å². The molecule has 2 fully saturated rings. The molecular formula is C21H30F6N2O6. The van der Waals surface area contributed by atoms with Gasteiger partial charge in [0, 0.05) is 25.9 Å². The molecule has 0 spiro atoms. The Morgan fingerprint density at radius 2 is 1.17 bits per heavy atom. The predicted molar refractivity (Wildman–Crippen MR) is 107 cm³/mol. The van der Waals surface area contributed by atoms with Gasteiger partial charge in [0.2, 0.25) is 11.8 Å². The Morgan fingerprint density at radius 1 is 0.743 bits per heavy atom. The van der Waals surface area contributed by atoms with Crippen molar-refractivity contribution in [3.8, 4) is 0 Å². The Bertz CT molecular complexity index is 788. The minimum atomic E-state index is -5.85. The van der Waals surface area contributed by atoms with Crippen LogP contribution in [0.4, 0.5) is 26.3 Å². The van der Waals surface area contributed by atoms with Crippen LogP contribution in [0.2, 0.25) is 0 Å². The van der Waals surface area contributed by atoms with Crippen molar-refractivity contribution >= 4 is 17.8 Å². The minimum Gasteiger partial charge on any atom is -0.481 e. The van der Waals surface area contributed by atoms with Crippen LogP contribution in [-0.4, -0.2) is 65.8 Å². The second kappa shape index (κ2) is 10.5. The van der Waals surface area contributed by atoms with Gasteiger partial charge in [-0.3, -0.25) is 14.4 Å². The van der Waals surface area contributed by atoms with E-state index >= 15 is 0 Å². The molecule has 2 saturated carbocycles. The number of carboxylic acids is 1. The summed E-state index contributed by atoms with van der Waals surface area (Å²) in [7, 11) is 2.25. The fourth-order valence-electron chi connectivity index (χ4n) is 6.23. The van der Waals surface area contributed by atoms with Crippen LogP contribution >= 0.6 is 0 Å². The van der Waals surface area contributed by atoms with E-state index in [-0.39, 0.29) is 0 Å². The van der Waals surface area contributed by atoms with Crippen molar-refractivity contribution in [2.75, 3.05) is 14.1 Å². The lowest BCUT2D eigenvalue weighted by Gasteiger charge is -2.53. The molecule has 6 unspecified atom stereocenters. The Kier molecular flexibility index (Phi) is 8.73. The molecule has 5 N–H and O–H groups in total. The number of carboxylic acid groups (broad SMARTS) is 1. The summed E-state index contributed by atoms with van der Waals surface area (Å²) in [6.45, 7) is 0. The van der Waals surface area contributed by atoms with Crippen molar-refractivity contribution in [3.63, 3.8) is 0 Å². The summed E-state index contributed by atoms with van der Waals surface area (Å²) in [5, 5.41) is 32.8. The fraction of sp³-hybridized carbons (Fsp3) is 0.857. The van der Waals surface area contributed by atoms with Gasteiger partial charge in [0.25, 0.3) is 0 Å². The minimum absolute atomic E-state index is 0.475. The largest absolute Gasteiger partial charge is 0.481 e. The quantitative estimate of drug-likeness (QED) is 0.269. The van der Waals surface area contributed by atoms with E-state index in [1.807, 2.05) is 0 Å². The molecule has 0 heterocycles. The van der Waals surface area contributed by atoms with Crippen LogP contribution in [0.25, 0.3) is 0 Å². The number of hydrogen-bond donors (Lipinski definition) is 5. The molecule has 202 valence electrons. The molecule has 0 aromatic rings. The summed E-state index contributed by atoms with van der Waals surface area (Å²) >= 11 is 0. The van der Waals surface area contributed by atoms with Crippen LogP contribution in [-0.2, 0) is 14.4 Å². The first-order valence-electron chi connectivity index (χ1n) is 11.2.